The summed E-state index contributed by atoms with van der Waals surface area (Å²) in [5, 5.41) is 9.21. The van der Waals surface area contributed by atoms with Gasteiger partial charge in [0, 0.05) is 10.7 Å². The molecule has 0 radical (unpaired) electrons. The van der Waals surface area contributed by atoms with Crippen LogP contribution >= 0.6 is 10.7 Å². The molecule has 0 aromatic carbocycles. The molecular formula is C5H10ClNO3S. The molecule has 0 bridgehead atoms. The lowest BCUT2D eigenvalue weighted by molar-refractivity contribution is 0.182. The number of halogens is 1. The maximum absolute atomic E-state index is 10.6. The first-order chi connectivity index (χ1) is 4.73. The molecule has 0 spiro atoms. The zero-order chi connectivity index (χ0) is 9.28. The van der Waals surface area contributed by atoms with E-state index in [1.54, 1.807) is 0 Å². The van der Waals surface area contributed by atoms with E-state index in [0.717, 1.165) is 6.92 Å². The molecule has 3 N–H and O–H groups in total. The van der Waals surface area contributed by atoms with Crippen LogP contribution in [0.1, 0.15) is 13.8 Å². The summed E-state index contributed by atoms with van der Waals surface area (Å²) in [4.78, 5) is -2.18. The van der Waals surface area contributed by atoms with Crippen LogP contribution in [0.3, 0.4) is 0 Å². The fourth-order valence-electron chi connectivity index (χ4n) is 0.409. The zero-order valence-corrected chi connectivity index (χ0v) is 7.78. The van der Waals surface area contributed by atoms with Crippen molar-refractivity contribution in [3.05, 3.63) is 11.8 Å². The van der Waals surface area contributed by atoms with Crippen molar-refractivity contribution in [3.63, 3.8) is 0 Å². The minimum Gasteiger partial charge on any atom is -0.399 e. The van der Waals surface area contributed by atoms with Gasteiger partial charge in [-0.2, -0.15) is 0 Å². The molecule has 0 amide bonds. The highest BCUT2D eigenvalue weighted by atomic mass is 35.7. The van der Waals surface area contributed by atoms with Crippen molar-refractivity contribution in [2.24, 2.45) is 5.73 Å². The van der Waals surface area contributed by atoms with Gasteiger partial charge in [-0.1, -0.05) is 6.08 Å². The van der Waals surface area contributed by atoms with Crippen LogP contribution < -0.4 is 5.73 Å². The van der Waals surface area contributed by atoms with Gasteiger partial charge >= 0.3 is 0 Å². The summed E-state index contributed by atoms with van der Waals surface area (Å²) < 4.78 is 21.3. The van der Waals surface area contributed by atoms with E-state index in [1.807, 2.05) is 0 Å². The first kappa shape index (κ1) is 10.7. The predicted molar refractivity (Wildman–Crippen MR) is 43.3 cm³/mol. The van der Waals surface area contributed by atoms with Crippen LogP contribution in [0.4, 0.5) is 0 Å². The van der Waals surface area contributed by atoms with E-state index < -0.39 is 14.0 Å². The topological polar surface area (TPSA) is 80.4 Å². The Labute approximate surface area is 70.1 Å². The van der Waals surface area contributed by atoms with Gasteiger partial charge in [-0.3, -0.25) is 0 Å². The molecule has 1 unspecified atom stereocenters. The highest BCUT2D eigenvalue weighted by Crippen LogP contribution is 2.22. The monoisotopic (exact) mass is 199 g/mol. The quantitative estimate of drug-likeness (QED) is 0.620. The van der Waals surface area contributed by atoms with E-state index in [0.29, 0.717) is 0 Å². The van der Waals surface area contributed by atoms with Gasteiger partial charge in [0.2, 0.25) is 4.93 Å². The summed E-state index contributed by atoms with van der Waals surface area (Å²) in [5.41, 5.74) is 5.00. The first-order valence-corrected chi connectivity index (χ1v) is 5.13. The number of rotatable bonds is 2. The van der Waals surface area contributed by atoms with Crippen molar-refractivity contribution in [3.8, 4) is 0 Å². The smallest absolute Gasteiger partial charge is 0.267 e. The van der Waals surface area contributed by atoms with Crippen molar-refractivity contribution >= 4 is 19.7 Å². The Morgan fingerprint density at radius 3 is 2.18 bits per heavy atom. The summed E-state index contributed by atoms with van der Waals surface area (Å²) in [7, 11) is 0.821. The third-order valence-corrected chi connectivity index (χ3v) is 3.41. The van der Waals surface area contributed by atoms with Crippen LogP contribution in [0.2, 0.25) is 0 Å². The Morgan fingerprint density at radius 1 is 1.73 bits per heavy atom. The number of nitrogens with two attached hydrogens (primary N) is 1. The normalized spacial score (nSPS) is 19.5. The average molecular weight is 200 g/mol. The van der Waals surface area contributed by atoms with Crippen LogP contribution in [0, 0.1) is 0 Å². The molecule has 4 nitrogen and oxygen atoms in total. The van der Waals surface area contributed by atoms with Crippen LogP contribution in [0.5, 0.6) is 0 Å². The second-order valence-corrected chi connectivity index (χ2v) is 5.05. The first-order valence-electron chi connectivity index (χ1n) is 2.82. The van der Waals surface area contributed by atoms with Gasteiger partial charge in [0.1, 0.15) is 0 Å². The predicted octanol–water partition coefficient (Wildman–Crippen LogP) is 0.126. The fourth-order valence-corrected chi connectivity index (χ4v) is 1.08. The van der Waals surface area contributed by atoms with Crippen LogP contribution in [-0.2, 0) is 9.05 Å². The largest absolute Gasteiger partial charge is 0.399 e. The highest BCUT2D eigenvalue weighted by molar-refractivity contribution is 8.14. The summed E-state index contributed by atoms with van der Waals surface area (Å²) in [6.45, 7) is 2.52. The molecule has 0 heterocycles. The zero-order valence-electron chi connectivity index (χ0n) is 6.20. The molecule has 0 aromatic heterocycles. The Bertz CT molecular complexity index is 267. The van der Waals surface area contributed by atoms with Crippen molar-refractivity contribution < 1.29 is 13.5 Å². The number of allylic oxidation sites excluding steroid dienone is 1. The standard InChI is InChI=1S/C5H10ClNO3S/c1-3-4(7)5(2,8)11(6,9)10/h3,8H,7H2,1-2H3/b4-3+. The maximum Gasteiger partial charge on any atom is 0.267 e. The van der Waals surface area contributed by atoms with Crippen molar-refractivity contribution in [2.45, 2.75) is 18.8 Å². The minimum absolute atomic E-state index is 0.187. The summed E-state index contributed by atoms with van der Waals surface area (Å²) >= 11 is 0. The van der Waals surface area contributed by atoms with Crippen LogP contribution in [0.15, 0.2) is 11.8 Å². The van der Waals surface area contributed by atoms with Gasteiger partial charge < -0.3 is 10.8 Å². The SMILES string of the molecule is C/C=C(/N)C(C)(O)S(=O)(=O)Cl. The fraction of sp³-hybridized carbons (Fsp3) is 0.600. The lowest BCUT2D eigenvalue weighted by atomic mass is 10.3. The molecule has 0 aromatic rings. The molecule has 1 atom stereocenters. The molecule has 11 heavy (non-hydrogen) atoms. The van der Waals surface area contributed by atoms with E-state index in [2.05, 4.69) is 0 Å². The lowest BCUT2D eigenvalue weighted by Crippen LogP contribution is -2.37. The molecule has 66 valence electrons. The summed E-state index contributed by atoms with van der Waals surface area (Å²) in [5.74, 6) is 0. The molecule has 0 fully saturated rings. The van der Waals surface area contributed by atoms with E-state index >= 15 is 0 Å². The third-order valence-electron chi connectivity index (χ3n) is 1.32. The number of hydrogen-bond donors (Lipinski definition) is 2. The second-order valence-electron chi connectivity index (χ2n) is 2.16. The van der Waals surface area contributed by atoms with E-state index in [1.165, 1.54) is 13.0 Å². The summed E-state index contributed by atoms with van der Waals surface area (Å²) in [6, 6.07) is 0. The van der Waals surface area contributed by atoms with Crippen molar-refractivity contribution in [1.29, 1.82) is 0 Å². The lowest BCUT2D eigenvalue weighted by Gasteiger charge is -2.19. The second kappa shape index (κ2) is 3.00. The number of hydrogen-bond acceptors (Lipinski definition) is 4. The molecule has 6 heteroatoms. The van der Waals surface area contributed by atoms with Gasteiger partial charge in [0.15, 0.2) is 0 Å². The van der Waals surface area contributed by atoms with Crippen LogP contribution in [-0.4, -0.2) is 18.5 Å². The minimum atomic E-state index is -4.08. The maximum atomic E-state index is 10.6. The Balaban J connectivity index is 5.07. The van der Waals surface area contributed by atoms with Gasteiger partial charge in [0.05, 0.1) is 5.70 Å². The number of aliphatic hydroxyl groups is 1. The Kier molecular flexibility index (Phi) is 2.93. The van der Waals surface area contributed by atoms with Gasteiger partial charge in [-0.25, -0.2) is 8.42 Å². The van der Waals surface area contributed by atoms with E-state index in [4.69, 9.17) is 16.4 Å². The van der Waals surface area contributed by atoms with Gasteiger partial charge in [-0.15, -0.1) is 0 Å². The molecule has 0 aliphatic carbocycles. The molecule has 0 aliphatic rings. The van der Waals surface area contributed by atoms with Gasteiger partial charge in [-0.05, 0) is 13.8 Å². The molecular weight excluding hydrogens is 190 g/mol. The van der Waals surface area contributed by atoms with Crippen LogP contribution in [0.25, 0.3) is 0 Å². The van der Waals surface area contributed by atoms with E-state index in [-0.39, 0.29) is 5.70 Å². The Morgan fingerprint density at radius 2 is 2.09 bits per heavy atom. The highest BCUT2D eigenvalue weighted by Gasteiger charge is 2.37. The van der Waals surface area contributed by atoms with E-state index in [9.17, 15) is 13.5 Å². The van der Waals surface area contributed by atoms with Gasteiger partial charge in [0.25, 0.3) is 9.05 Å². The van der Waals surface area contributed by atoms with Crippen molar-refractivity contribution in [2.75, 3.05) is 0 Å². The molecule has 0 aliphatic heterocycles. The molecule has 0 saturated heterocycles. The summed E-state index contributed by atoms with van der Waals surface area (Å²) in [6.07, 6.45) is 1.28. The molecule has 0 saturated carbocycles. The molecule has 0 rings (SSSR count). The average Bonchev–Trinajstić information content (AvgIpc) is 1.83. The third kappa shape index (κ3) is 2.08. The van der Waals surface area contributed by atoms with Crippen molar-refractivity contribution in [1.82, 2.24) is 0 Å². The Hall–Kier alpha value is -0.260.